The summed E-state index contributed by atoms with van der Waals surface area (Å²) in [5, 5.41) is 6.58. The number of carbonyl (C=O) groups excluding carboxylic acids is 2. The van der Waals surface area contributed by atoms with Crippen LogP contribution in [0.15, 0.2) is 54.9 Å². The van der Waals surface area contributed by atoms with Gasteiger partial charge in [0.15, 0.2) is 0 Å². The predicted molar refractivity (Wildman–Crippen MR) is 143 cm³/mol. The van der Waals surface area contributed by atoms with E-state index in [1.54, 1.807) is 18.0 Å². The van der Waals surface area contributed by atoms with Crippen molar-refractivity contribution in [3.63, 3.8) is 0 Å². The molecule has 0 aliphatic carbocycles. The van der Waals surface area contributed by atoms with Gasteiger partial charge in [-0.25, -0.2) is 4.79 Å². The largest absolute Gasteiger partial charge is 0.467 e. The molecule has 2 aromatic rings. The maximum atomic E-state index is 13.0. The van der Waals surface area contributed by atoms with E-state index in [4.69, 9.17) is 4.74 Å². The number of pyridine rings is 1. The molecule has 0 saturated carbocycles. The van der Waals surface area contributed by atoms with Gasteiger partial charge in [-0.15, -0.1) is 0 Å². The summed E-state index contributed by atoms with van der Waals surface area (Å²) in [5.74, 6) is 0.602. The Morgan fingerprint density at radius 3 is 2.51 bits per heavy atom. The highest BCUT2D eigenvalue weighted by Crippen LogP contribution is 2.13. The highest BCUT2D eigenvalue weighted by Gasteiger charge is 2.25. The van der Waals surface area contributed by atoms with E-state index in [2.05, 4.69) is 52.6 Å². The highest BCUT2D eigenvalue weighted by molar-refractivity contribution is 7.98. The van der Waals surface area contributed by atoms with Crippen molar-refractivity contribution in [1.29, 1.82) is 0 Å². The van der Waals surface area contributed by atoms with Gasteiger partial charge in [-0.2, -0.15) is 11.8 Å². The van der Waals surface area contributed by atoms with E-state index in [-0.39, 0.29) is 18.5 Å². The van der Waals surface area contributed by atoms with Crippen molar-refractivity contribution in [1.82, 2.24) is 20.5 Å². The fraction of sp³-hybridized carbons (Fsp3) is 0.519. The summed E-state index contributed by atoms with van der Waals surface area (Å²) in [6.45, 7) is 6.67. The standard InChI is InChI=1S/C27H40N4O3S/c1-5-21(2)25(29-17-23-12-9-14-28-16-23)19-31(18-22-10-7-6-8-11-22)20-26(32)30-24(13-15-35-4)27(33)34-3/h6-12,14,16,21,24-25,29H,5,13,15,17-20H2,1-4H3,(H,30,32)/t21-,24-,25+/m0/s1. The zero-order valence-corrected chi connectivity index (χ0v) is 22.2. The van der Waals surface area contributed by atoms with Crippen LogP contribution in [-0.4, -0.2) is 66.1 Å². The summed E-state index contributed by atoms with van der Waals surface area (Å²) in [6.07, 6.45) is 7.19. The number of rotatable bonds is 16. The molecule has 192 valence electrons. The molecule has 0 fully saturated rings. The first-order valence-corrected chi connectivity index (χ1v) is 13.6. The van der Waals surface area contributed by atoms with Crippen LogP contribution >= 0.6 is 11.8 Å². The van der Waals surface area contributed by atoms with Gasteiger partial charge in [0.1, 0.15) is 6.04 Å². The van der Waals surface area contributed by atoms with Gasteiger partial charge in [-0.05, 0) is 41.5 Å². The first-order valence-electron chi connectivity index (χ1n) is 12.2. The zero-order chi connectivity index (χ0) is 25.5. The molecular weight excluding hydrogens is 460 g/mol. The van der Waals surface area contributed by atoms with Gasteiger partial charge in [-0.1, -0.05) is 56.7 Å². The summed E-state index contributed by atoms with van der Waals surface area (Å²) in [5.41, 5.74) is 2.27. The lowest BCUT2D eigenvalue weighted by Crippen LogP contribution is -2.50. The van der Waals surface area contributed by atoms with Crippen LogP contribution in [0.4, 0.5) is 0 Å². The molecule has 0 bridgehead atoms. The second-order valence-electron chi connectivity index (χ2n) is 8.81. The molecule has 0 aliphatic rings. The molecule has 7 nitrogen and oxygen atoms in total. The topological polar surface area (TPSA) is 83.6 Å². The van der Waals surface area contributed by atoms with Gasteiger partial charge in [0.05, 0.1) is 13.7 Å². The molecule has 0 unspecified atom stereocenters. The van der Waals surface area contributed by atoms with Gasteiger partial charge in [0, 0.05) is 38.1 Å². The van der Waals surface area contributed by atoms with Gasteiger partial charge in [0.25, 0.3) is 0 Å². The number of benzene rings is 1. The van der Waals surface area contributed by atoms with Crippen LogP contribution in [0.2, 0.25) is 0 Å². The number of methoxy groups -OCH3 is 1. The lowest BCUT2D eigenvalue weighted by molar-refractivity contribution is -0.145. The maximum absolute atomic E-state index is 13.0. The molecule has 35 heavy (non-hydrogen) atoms. The molecule has 2 N–H and O–H groups in total. The molecule has 0 aliphatic heterocycles. The number of thioether (sulfide) groups is 1. The minimum absolute atomic E-state index is 0.174. The third-order valence-corrected chi connectivity index (χ3v) is 6.77. The van der Waals surface area contributed by atoms with Crippen molar-refractivity contribution in [3.8, 4) is 0 Å². The molecule has 3 atom stereocenters. The Labute approximate surface area is 214 Å². The van der Waals surface area contributed by atoms with Gasteiger partial charge < -0.3 is 15.4 Å². The van der Waals surface area contributed by atoms with Crippen molar-refractivity contribution in [3.05, 3.63) is 66.0 Å². The number of esters is 1. The third kappa shape index (κ3) is 10.8. The van der Waals surface area contributed by atoms with E-state index in [1.165, 1.54) is 7.11 Å². The first kappa shape index (κ1) is 28.8. The number of hydrogen-bond donors (Lipinski definition) is 2. The van der Waals surface area contributed by atoms with Crippen LogP contribution in [0.1, 0.15) is 37.8 Å². The number of aromatic nitrogens is 1. The molecule has 1 aromatic carbocycles. The number of nitrogens with one attached hydrogen (secondary N) is 2. The van der Waals surface area contributed by atoms with Crippen LogP contribution in [-0.2, 0) is 27.4 Å². The zero-order valence-electron chi connectivity index (χ0n) is 21.4. The number of nitrogens with zero attached hydrogens (tertiary/aromatic N) is 2. The van der Waals surface area contributed by atoms with Crippen LogP contribution in [0, 0.1) is 5.92 Å². The molecule has 2 rings (SSSR count). The average molecular weight is 501 g/mol. The predicted octanol–water partition coefficient (Wildman–Crippen LogP) is 3.50. The Morgan fingerprint density at radius 2 is 1.89 bits per heavy atom. The molecule has 8 heteroatoms. The van der Waals surface area contributed by atoms with Crippen molar-refractivity contribution >= 4 is 23.6 Å². The van der Waals surface area contributed by atoms with Crippen LogP contribution < -0.4 is 10.6 Å². The number of amides is 1. The Morgan fingerprint density at radius 1 is 1.14 bits per heavy atom. The highest BCUT2D eigenvalue weighted by atomic mass is 32.2. The molecule has 1 aromatic heterocycles. The van der Waals surface area contributed by atoms with Gasteiger partial charge >= 0.3 is 5.97 Å². The lowest BCUT2D eigenvalue weighted by atomic mass is 9.98. The van der Waals surface area contributed by atoms with Crippen LogP contribution in [0.5, 0.6) is 0 Å². The Kier molecular flexibility index (Phi) is 13.4. The number of ether oxygens (including phenoxy) is 1. The van der Waals surface area contributed by atoms with Crippen LogP contribution in [0.3, 0.4) is 0 Å². The first-order chi connectivity index (χ1) is 17.0. The second-order valence-corrected chi connectivity index (χ2v) is 9.80. The molecule has 1 heterocycles. The van der Waals surface area contributed by atoms with E-state index >= 15 is 0 Å². The fourth-order valence-electron chi connectivity index (χ4n) is 3.86. The quantitative estimate of drug-likeness (QED) is 0.341. The van der Waals surface area contributed by atoms with Gasteiger partial charge in [-0.3, -0.25) is 14.7 Å². The van der Waals surface area contributed by atoms with Crippen molar-refractivity contribution in [2.45, 2.75) is 51.9 Å². The SMILES string of the molecule is CC[C@H](C)[C@@H](CN(CC(=O)N[C@@H](CCSC)C(=O)OC)Cc1ccccc1)NCc1cccnc1. The van der Waals surface area contributed by atoms with E-state index in [0.29, 0.717) is 32.0 Å². The van der Waals surface area contributed by atoms with E-state index in [1.807, 2.05) is 36.7 Å². The van der Waals surface area contributed by atoms with E-state index < -0.39 is 12.0 Å². The summed E-state index contributed by atoms with van der Waals surface area (Å²) in [4.78, 5) is 31.6. The Bertz CT molecular complexity index is 869. The Hall–Kier alpha value is -2.42. The number of carbonyl (C=O) groups is 2. The van der Waals surface area contributed by atoms with Crippen molar-refractivity contribution in [2.75, 3.05) is 32.2 Å². The summed E-state index contributed by atoms with van der Waals surface area (Å²) in [6, 6.07) is 13.7. The maximum Gasteiger partial charge on any atom is 0.328 e. The second kappa shape index (κ2) is 16.3. The van der Waals surface area contributed by atoms with E-state index in [9.17, 15) is 9.59 Å². The minimum atomic E-state index is -0.632. The monoisotopic (exact) mass is 500 g/mol. The fourth-order valence-corrected chi connectivity index (χ4v) is 4.33. The van der Waals surface area contributed by atoms with Crippen molar-refractivity contribution < 1.29 is 14.3 Å². The summed E-state index contributed by atoms with van der Waals surface area (Å²) in [7, 11) is 1.35. The molecule has 0 saturated heterocycles. The normalized spacial score (nSPS) is 13.7. The lowest BCUT2D eigenvalue weighted by Gasteiger charge is -2.31. The average Bonchev–Trinajstić information content (AvgIpc) is 2.89. The molecule has 1 amide bonds. The molecular formula is C27H40N4O3S. The summed E-state index contributed by atoms with van der Waals surface area (Å²) >= 11 is 1.64. The van der Waals surface area contributed by atoms with Gasteiger partial charge in [0.2, 0.25) is 5.91 Å². The smallest absolute Gasteiger partial charge is 0.328 e. The number of hydrogen-bond acceptors (Lipinski definition) is 7. The summed E-state index contributed by atoms with van der Waals surface area (Å²) < 4.78 is 4.90. The van der Waals surface area contributed by atoms with Crippen molar-refractivity contribution in [2.24, 2.45) is 5.92 Å². The van der Waals surface area contributed by atoms with Crippen LogP contribution in [0.25, 0.3) is 0 Å². The molecule has 0 radical (unpaired) electrons. The molecule has 0 spiro atoms. The minimum Gasteiger partial charge on any atom is -0.467 e. The third-order valence-electron chi connectivity index (χ3n) is 6.12. The Balaban J connectivity index is 2.12. The van der Waals surface area contributed by atoms with E-state index in [0.717, 1.165) is 23.3 Å².